The van der Waals surface area contributed by atoms with E-state index in [1.54, 1.807) is 12.3 Å². The van der Waals surface area contributed by atoms with E-state index >= 15 is 0 Å². The Balaban J connectivity index is 1.63. The number of sulfone groups is 1. The molecule has 1 aliphatic rings. The average Bonchev–Trinajstić information content (AvgIpc) is 3.31. The molecule has 0 amide bonds. The van der Waals surface area contributed by atoms with E-state index < -0.39 is 15.8 Å². The first-order valence-electron chi connectivity index (χ1n) is 10.6. The Hall–Kier alpha value is -3.23. The van der Waals surface area contributed by atoms with Gasteiger partial charge in [0.25, 0.3) is 0 Å². The molecule has 5 rings (SSSR count). The molecule has 2 heterocycles. The van der Waals surface area contributed by atoms with Crippen molar-refractivity contribution in [1.82, 2.24) is 8.94 Å². The summed E-state index contributed by atoms with van der Waals surface area (Å²) in [6.07, 6.45) is 7.39. The third kappa shape index (κ3) is 4.24. The maximum absolute atomic E-state index is 13.7. The number of aromatic carboxylic acids is 1. The highest BCUT2D eigenvalue weighted by atomic mass is 32.2. The number of carbonyl (C=O) groups is 1. The second-order valence-corrected chi connectivity index (χ2v) is 11.3. The van der Waals surface area contributed by atoms with Crippen LogP contribution in [0.25, 0.3) is 16.8 Å². The first-order valence-corrected chi connectivity index (χ1v) is 13.0. The van der Waals surface area contributed by atoms with Crippen molar-refractivity contribution in [1.29, 1.82) is 0 Å². The summed E-state index contributed by atoms with van der Waals surface area (Å²) >= 11 is 1.40. The molecule has 1 N–H and O–H groups in total. The topological polar surface area (TPSA) is 89.3 Å². The molecule has 0 spiro atoms. The number of aromatic nitrogens is 2. The van der Waals surface area contributed by atoms with Crippen molar-refractivity contribution in [2.75, 3.05) is 0 Å². The maximum atomic E-state index is 13.7. The lowest BCUT2D eigenvalue weighted by atomic mass is 10.0. The Morgan fingerprint density at radius 3 is 2.55 bits per heavy atom. The van der Waals surface area contributed by atoms with E-state index in [9.17, 15) is 18.3 Å². The smallest absolute Gasteiger partial charge is 0.335 e. The van der Waals surface area contributed by atoms with Crippen LogP contribution >= 0.6 is 11.5 Å². The van der Waals surface area contributed by atoms with Crippen LogP contribution in [-0.4, -0.2) is 28.4 Å². The van der Waals surface area contributed by atoms with Gasteiger partial charge in [0, 0.05) is 34.7 Å². The molecule has 0 unspecified atom stereocenters. The van der Waals surface area contributed by atoms with Crippen molar-refractivity contribution in [2.45, 2.75) is 36.3 Å². The van der Waals surface area contributed by atoms with Gasteiger partial charge in [-0.3, -0.25) is 0 Å². The molecule has 4 aromatic rings. The Bertz CT molecular complexity index is 1450. The molecule has 0 bridgehead atoms. The third-order valence-electron chi connectivity index (χ3n) is 5.98. The third-order valence-corrected chi connectivity index (χ3v) is 8.40. The van der Waals surface area contributed by atoms with Gasteiger partial charge in [0.1, 0.15) is 0 Å². The molecule has 6 nitrogen and oxygen atoms in total. The minimum absolute atomic E-state index is 0.0164. The van der Waals surface area contributed by atoms with E-state index in [-0.39, 0.29) is 22.1 Å². The van der Waals surface area contributed by atoms with Crippen molar-refractivity contribution in [2.24, 2.45) is 0 Å². The fourth-order valence-electron chi connectivity index (χ4n) is 4.14. The van der Waals surface area contributed by atoms with Gasteiger partial charge in [-0.05, 0) is 90.3 Å². The lowest BCUT2D eigenvalue weighted by Gasteiger charge is -2.16. The summed E-state index contributed by atoms with van der Waals surface area (Å²) in [4.78, 5) is 12.7. The zero-order valence-corrected chi connectivity index (χ0v) is 19.6. The van der Waals surface area contributed by atoms with Crippen LogP contribution in [0.5, 0.6) is 0 Å². The van der Waals surface area contributed by atoms with Gasteiger partial charge in [-0.1, -0.05) is 12.1 Å². The number of carboxylic acids is 1. The maximum Gasteiger partial charge on any atom is 0.335 e. The van der Waals surface area contributed by atoms with Crippen molar-refractivity contribution in [3.63, 3.8) is 0 Å². The Morgan fingerprint density at radius 2 is 1.91 bits per heavy atom. The lowest BCUT2D eigenvalue weighted by molar-refractivity contribution is 0.0696. The van der Waals surface area contributed by atoms with Gasteiger partial charge in [0.15, 0.2) is 9.84 Å². The van der Waals surface area contributed by atoms with Crippen LogP contribution in [0.15, 0.2) is 72.0 Å². The summed E-state index contributed by atoms with van der Waals surface area (Å²) in [6, 6.07) is 14.1. The molecule has 2 aromatic carbocycles. The van der Waals surface area contributed by atoms with Crippen LogP contribution < -0.4 is 0 Å². The highest BCUT2D eigenvalue weighted by Crippen LogP contribution is 2.44. The number of hydrogen-bond acceptors (Lipinski definition) is 5. The molecular formula is C25H22N2O4S2. The van der Waals surface area contributed by atoms with E-state index in [0.29, 0.717) is 5.56 Å². The second kappa shape index (κ2) is 8.28. The van der Waals surface area contributed by atoms with Crippen LogP contribution in [0.1, 0.15) is 45.1 Å². The minimum atomic E-state index is -3.80. The summed E-state index contributed by atoms with van der Waals surface area (Å²) in [7, 11) is -3.80. The van der Waals surface area contributed by atoms with Gasteiger partial charge in [-0.2, -0.15) is 0 Å². The van der Waals surface area contributed by atoms with E-state index in [2.05, 4.69) is 4.37 Å². The molecule has 168 valence electrons. The Kier molecular flexibility index (Phi) is 5.42. The van der Waals surface area contributed by atoms with Crippen LogP contribution in [0.3, 0.4) is 0 Å². The van der Waals surface area contributed by atoms with Gasteiger partial charge in [-0.15, -0.1) is 0 Å². The lowest BCUT2D eigenvalue weighted by Crippen LogP contribution is -2.12. The first kappa shape index (κ1) is 21.6. The monoisotopic (exact) mass is 478 g/mol. The number of benzene rings is 2. The number of aryl methyl sites for hydroxylation is 1. The van der Waals surface area contributed by atoms with Gasteiger partial charge >= 0.3 is 5.97 Å². The van der Waals surface area contributed by atoms with Gasteiger partial charge < -0.3 is 9.67 Å². The number of carboxylic acid groups (broad SMARTS) is 1. The van der Waals surface area contributed by atoms with Gasteiger partial charge in [-0.25, -0.2) is 17.6 Å². The SMILES string of the molecule is Cc1sncc1-c1ccc(-n2cccc2)c(CS(=O)(=O)c2cc(C(=O)O)ccc2C2CC2)c1. The fourth-order valence-corrected chi connectivity index (χ4v) is 6.42. The Labute approximate surface area is 196 Å². The molecular weight excluding hydrogens is 456 g/mol. The summed E-state index contributed by atoms with van der Waals surface area (Å²) < 4.78 is 33.5. The first-order chi connectivity index (χ1) is 15.8. The van der Waals surface area contributed by atoms with Crippen molar-refractivity contribution < 1.29 is 18.3 Å². The fraction of sp³-hybridized carbons (Fsp3) is 0.200. The van der Waals surface area contributed by atoms with Gasteiger partial charge in [0.2, 0.25) is 0 Å². The highest BCUT2D eigenvalue weighted by Gasteiger charge is 2.31. The summed E-state index contributed by atoms with van der Waals surface area (Å²) in [6.45, 7) is 1.99. The highest BCUT2D eigenvalue weighted by molar-refractivity contribution is 7.90. The molecule has 1 aliphatic carbocycles. The zero-order chi connectivity index (χ0) is 23.2. The minimum Gasteiger partial charge on any atom is -0.478 e. The molecule has 2 aromatic heterocycles. The Morgan fingerprint density at radius 1 is 1.15 bits per heavy atom. The average molecular weight is 479 g/mol. The van der Waals surface area contributed by atoms with E-state index in [1.807, 2.05) is 54.2 Å². The predicted molar refractivity (Wildman–Crippen MR) is 128 cm³/mol. The second-order valence-electron chi connectivity index (χ2n) is 8.32. The van der Waals surface area contributed by atoms with Crippen LogP contribution in [0.4, 0.5) is 0 Å². The normalized spacial score (nSPS) is 13.8. The molecule has 8 heteroatoms. The quantitative estimate of drug-likeness (QED) is 0.381. The predicted octanol–water partition coefficient (Wildman–Crippen LogP) is 5.46. The van der Waals surface area contributed by atoms with Crippen LogP contribution in [0, 0.1) is 6.92 Å². The van der Waals surface area contributed by atoms with E-state index in [1.165, 1.54) is 23.7 Å². The number of hydrogen-bond donors (Lipinski definition) is 1. The van der Waals surface area contributed by atoms with Crippen molar-refractivity contribution in [3.8, 4) is 16.8 Å². The molecule has 0 atom stereocenters. The van der Waals surface area contributed by atoms with E-state index in [0.717, 1.165) is 40.1 Å². The largest absolute Gasteiger partial charge is 0.478 e. The van der Waals surface area contributed by atoms with Crippen LogP contribution in [0.2, 0.25) is 0 Å². The molecule has 0 saturated heterocycles. The molecule has 0 aliphatic heterocycles. The number of nitrogens with zero attached hydrogens (tertiary/aromatic N) is 2. The molecule has 1 saturated carbocycles. The molecule has 1 fully saturated rings. The van der Waals surface area contributed by atoms with E-state index in [4.69, 9.17) is 0 Å². The molecule has 0 radical (unpaired) electrons. The molecule has 33 heavy (non-hydrogen) atoms. The zero-order valence-electron chi connectivity index (χ0n) is 17.9. The summed E-state index contributed by atoms with van der Waals surface area (Å²) in [5.74, 6) is -1.19. The van der Waals surface area contributed by atoms with Crippen molar-refractivity contribution in [3.05, 3.63) is 88.7 Å². The number of rotatable bonds is 7. The van der Waals surface area contributed by atoms with Crippen LogP contribution in [-0.2, 0) is 15.6 Å². The summed E-state index contributed by atoms with van der Waals surface area (Å²) in [5, 5.41) is 9.44. The summed E-state index contributed by atoms with van der Waals surface area (Å²) in [5.41, 5.74) is 4.01. The van der Waals surface area contributed by atoms with Gasteiger partial charge in [0.05, 0.1) is 16.2 Å². The van der Waals surface area contributed by atoms with Crippen molar-refractivity contribution >= 4 is 27.3 Å². The standard InChI is InChI=1S/C25H22N2O4S2/c1-16-22(14-26-32-16)18-7-9-23(27-10-2-3-11-27)20(12-18)15-33(30,31)24-13-19(25(28)29)6-8-21(24)17-4-5-17/h2-3,6-14,17H,4-5,15H2,1H3,(H,28,29).